The number of nitriles is 1. The van der Waals surface area contributed by atoms with Crippen LogP contribution in [0.2, 0.25) is 0 Å². The normalized spacial score (nSPS) is 11.1. The summed E-state index contributed by atoms with van der Waals surface area (Å²) in [6.07, 6.45) is 1.66. The lowest BCUT2D eigenvalue weighted by molar-refractivity contribution is 0.363. The molecule has 0 aliphatic carbocycles. The van der Waals surface area contributed by atoms with Gasteiger partial charge in [0.2, 0.25) is 10.0 Å². The van der Waals surface area contributed by atoms with Crippen LogP contribution in [0.25, 0.3) is 0 Å². The fraction of sp³-hybridized carbons (Fsp3) is 0.211. The van der Waals surface area contributed by atoms with Crippen LogP contribution in [0.3, 0.4) is 0 Å². The summed E-state index contributed by atoms with van der Waals surface area (Å²) in [5, 5.41) is 8.79. The van der Waals surface area contributed by atoms with E-state index in [2.05, 4.69) is 6.58 Å². The van der Waals surface area contributed by atoms with E-state index in [1.165, 1.54) is 4.31 Å². The van der Waals surface area contributed by atoms with Crippen LogP contribution in [-0.2, 0) is 22.3 Å². The number of sulfonamides is 1. The van der Waals surface area contributed by atoms with Gasteiger partial charge in [-0.1, -0.05) is 36.9 Å². The second-order valence-electron chi connectivity index (χ2n) is 5.56. The molecule has 0 spiro atoms. The molecule has 25 heavy (non-hydrogen) atoms. The highest BCUT2D eigenvalue weighted by molar-refractivity contribution is 7.88. The van der Waals surface area contributed by atoms with Crippen LogP contribution >= 0.6 is 0 Å². The van der Waals surface area contributed by atoms with E-state index >= 15 is 0 Å². The molecule has 2 rings (SSSR count). The molecular weight excluding hydrogens is 336 g/mol. The molecule has 0 atom stereocenters. The van der Waals surface area contributed by atoms with E-state index in [9.17, 15) is 8.42 Å². The van der Waals surface area contributed by atoms with Crippen molar-refractivity contribution in [1.29, 1.82) is 5.26 Å². The maximum Gasteiger partial charge on any atom is 0.218 e. The number of benzene rings is 2. The van der Waals surface area contributed by atoms with Crippen molar-refractivity contribution in [2.45, 2.75) is 12.3 Å². The van der Waals surface area contributed by atoms with E-state index in [1.807, 2.05) is 18.2 Å². The Morgan fingerprint density at radius 1 is 1.12 bits per heavy atom. The lowest BCUT2D eigenvalue weighted by atomic mass is 10.2. The topological polar surface area (TPSA) is 70.4 Å². The van der Waals surface area contributed by atoms with E-state index in [0.29, 0.717) is 23.5 Å². The van der Waals surface area contributed by atoms with E-state index in [0.717, 1.165) is 5.56 Å². The number of hydrogen-bond donors (Lipinski definition) is 0. The molecule has 0 radical (unpaired) electrons. The molecule has 0 aliphatic rings. The number of rotatable bonds is 8. The maximum absolute atomic E-state index is 12.5. The van der Waals surface area contributed by atoms with Gasteiger partial charge in [0.05, 0.1) is 17.4 Å². The predicted octanol–water partition coefficient (Wildman–Crippen LogP) is 3.08. The highest BCUT2D eigenvalue weighted by Gasteiger charge is 2.18. The third kappa shape index (κ3) is 5.45. The predicted molar refractivity (Wildman–Crippen MR) is 97.4 cm³/mol. The Balaban J connectivity index is 2.01. The molecule has 6 heteroatoms. The first-order valence-electron chi connectivity index (χ1n) is 7.70. The smallest absolute Gasteiger partial charge is 0.218 e. The van der Waals surface area contributed by atoms with Gasteiger partial charge in [0.25, 0.3) is 0 Å². The highest BCUT2D eigenvalue weighted by Crippen LogP contribution is 2.16. The van der Waals surface area contributed by atoms with Crippen LogP contribution < -0.4 is 4.74 Å². The zero-order chi connectivity index (χ0) is 18.3. The Morgan fingerprint density at radius 2 is 1.72 bits per heavy atom. The van der Waals surface area contributed by atoms with Crippen LogP contribution in [0.4, 0.5) is 0 Å². The van der Waals surface area contributed by atoms with Gasteiger partial charge in [-0.05, 0) is 35.4 Å². The quantitative estimate of drug-likeness (QED) is 0.682. The summed E-state index contributed by atoms with van der Waals surface area (Å²) < 4.78 is 31.7. The summed E-state index contributed by atoms with van der Waals surface area (Å²) in [5.74, 6) is 0.613. The van der Waals surface area contributed by atoms with Crippen molar-refractivity contribution in [2.75, 3.05) is 13.7 Å². The van der Waals surface area contributed by atoms with Gasteiger partial charge in [0.1, 0.15) is 12.4 Å². The molecule has 0 amide bonds. The minimum atomic E-state index is -3.45. The Kier molecular flexibility index (Phi) is 6.34. The van der Waals surface area contributed by atoms with Gasteiger partial charge in [0, 0.05) is 13.6 Å². The van der Waals surface area contributed by atoms with Gasteiger partial charge >= 0.3 is 0 Å². The SMILES string of the molecule is C=CCOc1ccc(CN(C)S(=O)(=O)Cc2ccc(C#N)cc2)cc1. The second kappa shape index (κ2) is 8.47. The Morgan fingerprint density at radius 3 is 2.28 bits per heavy atom. The fourth-order valence-corrected chi connectivity index (χ4v) is 3.38. The molecule has 0 aliphatic heterocycles. The molecule has 0 saturated heterocycles. The molecular formula is C19H20N2O3S. The first kappa shape index (κ1) is 18.7. The number of nitrogens with zero attached hydrogens (tertiary/aromatic N) is 2. The van der Waals surface area contributed by atoms with Crippen LogP contribution in [0, 0.1) is 11.3 Å². The second-order valence-corrected chi connectivity index (χ2v) is 7.64. The van der Waals surface area contributed by atoms with Gasteiger partial charge in [-0.15, -0.1) is 0 Å². The summed E-state index contributed by atoms with van der Waals surface area (Å²) >= 11 is 0. The van der Waals surface area contributed by atoms with Crippen LogP contribution in [0.5, 0.6) is 5.75 Å². The van der Waals surface area contributed by atoms with Crippen molar-refractivity contribution in [3.8, 4) is 11.8 Å². The average molecular weight is 356 g/mol. The zero-order valence-electron chi connectivity index (χ0n) is 14.1. The van der Waals surface area contributed by atoms with Gasteiger partial charge in [0.15, 0.2) is 0 Å². The average Bonchev–Trinajstić information content (AvgIpc) is 2.61. The van der Waals surface area contributed by atoms with E-state index in [4.69, 9.17) is 10.00 Å². The Hall–Kier alpha value is -2.62. The largest absolute Gasteiger partial charge is 0.490 e. The van der Waals surface area contributed by atoms with E-state index in [1.54, 1.807) is 49.5 Å². The molecule has 0 bridgehead atoms. The van der Waals surface area contributed by atoms with E-state index < -0.39 is 10.0 Å². The molecule has 0 aromatic heterocycles. The third-order valence-corrected chi connectivity index (χ3v) is 5.38. The molecule has 5 nitrogen and oxygen atoms in total. The van der Waals surface area contributed by atoms with Gasteiger partial charge in [-0.2, -0.15) is 5.26 Å². The lowest BCUT2D eigenvalue weighted by Crippen LogP contribution is -2.27. The minimum absolute atomic E-state index is 0.101. The molecule has 0 heterocycles. The lowest BCUT2D eigenvalue weighted by Gasteiger charge is -2.17. The number of ether oxygens (including phenoxy) is 1. The van der Waals surface area contributed by atoms with Crippen molar-refractivity contribution in [3.05, 3.63) is 77.9 Å². The molecule has 2 aromatic rings. The summed E-state index contributed by atoms with van der Waals surface area (Å²) in [6, 6.07) is 15.9. The molecule has 2 aromatic carbocycles. The third-order valence-electron chi connectivity index (χ3n) is 3.60. The van der Waals surface area contributed by atoms with Crippen LogP contribution in [0.15, 0.2) is 61.2 Å². The summed E-state index contributed by atoms with van der Waals surface area (Å²) in [7, 11) is -1.89. The van der Waals surface area contributed by atoms with Gasteiger partial charge < -0.3 is 4.74 Å². The van der Waals surface area contributed by atoms with Gasteiger partial charge in [-0.3, -0.25) is 0 Å². The summed E-state index contributed by atoms with van der Waals surface area (Å²) in [6.45, 7) is 4.30. The standard InChI is InChI=1S/C19H20N2O3S/c1-3-12-24-19-10-8-17(9-11-19)14-21(2)25(22,23)15-18-6-4-16(13-20)5-7-18/h3-11H,1,12,14-15H2,2H3. The van der Waals surface area contributed by atoms with Crippen molar-refractivity contribution in [3.63, 3.8) is 0 Å². The highest BCUT2D eigenvalue weighted by atomic mass is 32.2. The fourth-order valence-electron chi connectivity index (χ4n) is 2.20. The van der Waals surface area contributed by atoms with Gasteiger partial charge in [-0.25, -0.2) is 12.7 Å². The Bertz CT molecular complexity index is 851. The minimum Gasteiger partial charge on any atom is -0.490 e. The van der Waals surface area contributed by atoms with Crippen molar-refractivity contribution < 1.29 is 13.2 Å². The molecule has 0 N–H and O–H groups in total. The number of hydrogen-bond acceptors (Lipinski definition) is 4. The molecule has 130 valence electrons. The molecule has 0 unspecified atom stereocenters. The van der Waals surface area contributed by atoms with Crippen molar-refractivity contribution in [2.24, 2.45) is 0 Å². The van der Waals surface area contributed by atoms with Crippen LogP contribution in [-0.4, -0.2) is 26.4 Å². The van der Waals surface area contributed by atoms with Crippen molar-refractivity contribution >= 4 is 10.0 Å². The van der Waals surface area contributed by atoms with Crippen LogP contribution in [0.1, 0.15) is 16.7 Å². The monoisotopic (exact) mass is 356 g/mol. The summed E-state index contributed by atoms with van der Waals surface area (Å²) in [5.41, 5.74) is 2.03. The first-order chi connectivity index (χ1) is 11.9. The maximum atomic E-state index is 12.5. The van der Waals surface area contributed by atoms with Crippen molar-refractivity contribution in [1.82, 2.24) is 4.31 Å². The molecule has 0 fully saturated rings. The summed E-state index contributed by atoms with van der Waals surface area (Å²) in [4.78, 5) is 0. The Labute approximate surface area is 148 Å². The van der Waals surface area contributed by atoms with E-state index in [-0.39, 0.29) is 12.3 Å². The first-order valence-corrected chi connectivity index (χ1v) is 9.31. The molecule has 0 saturated carbocycles. The zero-order valence-corrected chi connectivity index (χ0v) is 14.9.